The first-order chi connectivity index (χ1) is 15.5. The summed E-state index contributed by atoms with van der Waals surface area (Å²) < 4.78 is 0. The highest BCUT2D eigenvalue weighted by Gasteiger charge is 2.31. The van der Waals surface area contributed by atoms with E-state index in [1.807, 2.05) is 24.8 Å². The number of carbonyl (C=O) groups is 1. The fourth-order valence-electron chi connectivity index (χ4n) is 4.12. The van der Waals surface area contributed by atoms with Crippen molar-refractivity contribution < 1.29 is 4.79 Å². The van der Waals surface area contributed by atoms with E-state index in [1.54, 1.807) is 19.2 Å². The summed E-state index contributed by atoms with van der Waals surface area (Å²) in [7, 11) is 1.76. The van der Waals surface area contributed by atoms with Gasteiger partial charge in [-0.2, -0.15) is 0 Å². The van der Waals surface area contributed by atoms with Gasteiger partial charge in [0, 0.05) is 38.4 Å². The molecule has 0 aromatic heterocycles. The molecular formula is C26H37N5O. The van der Waals surface area contributed by atoms with Gasteiger partial charge in [0.25, 0.3) is 5.91 Å². The first-order valence-corrected chi connectivity index (χ1v) is 11.3. The van der Waals surface area contributed by atoms with E-state index in [-0.39, 0.29) is 11.9 Å². The molecule has 1 aliphatic heterocycles. The third-order valence-electron chi connectivity index (χ3n) is 5.93. The van der Waals surface area contributed by atoms with Crippen molar-refractivity contribution in [2.24, 2.45) is 9.98 Å². The molecule has 2 N–H and O–H groups in total. The van der Waals surface area contributed by atoms with Gasteiger partial charge in [-0.15, -0.1) is 0 Å². The molecule has 0 aromatic rings. The SMILES string of the molecule is C=CN=C1C=C(C(=O)N(CC)C2CCCC(NCC(/C=C\C(C=C)=NC)=C/C)C2)NC1=C. The Morgan fingerprint density at radius 1 is 1.34 bits per heavy atom. The molecule has 32 heavy (non-hydrogen) atoms. The largest absolute Gasteiger partial charge is 0.350 e. The summed E-state index contributed by atoms with van der Waals surface area (Å²) in [4.78, 5) is 23.5. The first kappa shape index (κ1) is 25.3. The third kappa shape index (κ3) is 6.76. The standard InChI is InChI=1S/C26H37N5O/c1-7-20(14-15-21(8-2)27-6)18-29-22-12-11-13-23(16-22)31(10-4)26(32)25-17-24(28-9-3)19(5)30-25/h7-9,14-15,17,22-23,29-30H,2-3,5,10-13,16,18H2,1,4,6H3/b15-14-,20-7+,27-21?,28-24?. The van der Waals surface area contributed by atoms with Crippen molar-refractivity contribution >= 4 is 17.3 Å². The van der Waals surface area contributed by atoms with E-state index in [0.717, 1.165) is 37.9 Å². The summed E-state index contributed by atoms with van der Waals surface area (Å²) in [6.07, 6.45) is 15.3. The van der Waals surface area contributed by atoms with Gasteiger partial charge in [0.15, 0.2) is 0 Å². The average Bonchev–Trinajstić information content (AvgIpc) is 3.17. The zero-order valence-electron chi connectivity index (χ0n) is 19.7. The molecule has 2 aliphatic rings. The van der Waals surface area contributed by atoms with Crippen molar-refractivity contribution in [1.82, 2.24) is 15.5 Å². The van der Waals surface area contributed by atoms with Crippen molar-refractivity contribution in [3.8, 4) is 0 Å². The Morgan fingerprint density at radius 2 is 2.12 bits per heavy atom. The number of hydrogen-bond donors (Lipinski definition) is 2. The van der Waals surface area contributed by atoms with Gasteiger partial charge in [-0.3, -0.25) is 14.8 Å². The summed E-state index contributed by atoms with van der Waals surface area (Å²) in [5.41, 5.74) is 3.88. The van der Waals surface area contributed by atoms with Gasteiger partial charge in [-0.05, 0) is 63.3 Å². The number of nitrogens with one attached hydrogen (secondary N) is 2. The fraction of sp³-hybridized carbons (Fsp3) is 0.423. The monoisotopic (exact) mass is 435 g/mol. The Bertz CT molecular complexity index is 875. The van der Waals surface area contributed by atoms with Crippen LogP contribution in [0.4, 0.5) is 0 Å². The minimum Gasteiger partial charge on any atom is -0.350 e. The van der Waals surface area contributed by atoms with Crippen molar-refractivity contribution in [3.63, 3.8) is 0 Å². The number of nitrogens with zero attached hydrogens (tertiary/aromatic N) is 3. The van der Waals surface area contributed by atoms with Crippen molar-refractivity contribution in [1.29, 1.82) is 0 Å². The normalized spacial score (nSPS) is 23.3. The van der Waals surface area contributed by atoms with Crippen LogP contribution in [-0.2, 0) is 4.79 Å². The van der Waals surface area contributed by atoms with Crippen LogP contribution in [0.2, 0.25) is 0 Å². The third-order valence-corrected chi connectivity index (χ3v) is 5.93. The Labute approximate surface area is 193 Å². The zero-order valence-corrected chi connectivity index (χ0v) is 19.7. The maximum absolute atomic E-state index is 13.2. The Balaban J connectivity index is 2.00. The van der Waals surface area contributed by atoms with E-state index in [2.05, 4.69) is 52.5 Å². The molecule has 0 aromatic carbocycles. The van der Waals surface area contributed by atoms with E-state index in [4.69, 9.17) is 0 Å². The summed E-state index contributed by atoms with van der Waals surface area (Å²) in [5.74, 6) is 0.00134. The molecule has 1 heterocycles. The predicted molar refractivity (Wildman–Crippen MR) is 136 cm³/mol. The van der Waals surface area contributed by atoms with E-state index < -0.39 is 0 Å². The molecule has 2 atom stereocenters. The number of aliphatic imine (C=N–C) groups is 2. The highest BCUT2D eigenvalue weighted by atomic mass is 16.2. The van der Waals surface area contributed by atoms with Gasteiger partial charge in [-0.25, -0.2) is 0 Å². The lowest BCUT2D eigenvalue weighted by Crippen LogP contribution is -2.48. The highest BCUT2D eigenvalue weighted by Crippen LogP contribution is 2.25. The lowest BCUT2D eigenvalue weighted by atomic mass is 9.89. The summed E-state index contributed by atoms with van der Waals surface area (Å²) in [6, 6.07) is 0.579. The van der Waals surface area contributed by atoms with Crippen LogP contribution in [0.5, 0.6) is 0 Å². The second-order valence-electron chi connectivity index (χ2n) is 7.90. The molecular weight excluding hydrogens is 398 g/mol. The molecule has 172 valence electrons. The quantitative estimate of drug-likeness (QED) is 0.401. The Hall–Kier alpha value is -2.99. The highest BCUT2D eigenvalue weighted by molar-refractivity contribution is 6.16. The Morgan fingerprint density at radius 3 is 2.75 bits per heavy atom. The summed E-state index contributed by atoms with van der Waals surface area (Å²) in [6.45, 7) is 16.9. The van der Waals surface area contributed by atoms with Gasteiger partial charge in [0.2, 0.25) is 0 Å². The number of carbonyl (C=O) groups excluding carboxylic acids is 1. The molecule has 0 radical (unpaired) electrons. The smallest absolute Gasteiger partial charge is 0.270 e. The number of likely N-dealkylation sites (N-methyl/N-ethyl adjacent to an activating group) is 1. The lowest BCUT2D eigenvalue weighted by Gasteiger charge is -2.37. The molecule has 6 heteroatoms. The maximum Gasteiger partial charge on any atom is 0.270 e. The minimum absolute atomic E-state index is 0.00134. The van der Waals surface area contributed by atoms with Crippen LogP contribution in [0, 0.1) is 0 Å². The number of allylic oxidation sites excluding steroid dienone is 4. The summed E-state index contributed by atoms with van der Waals surface area (Å²) >= 11 is 0. The second-order valence-corrected chi connectivity index (χ2v) is 7.90. The van der Waals surface area contributed by atoms with Crippen LogP contribution in [0.3, 0.4) is 0 Å². The van der Waals surface area contributed by atoms with Crippen LogP contribution in [0.25, 0.3) is 0 Å². The van der Waals surface area contributed by atoms with Gasteiger partial charge in [-0.1, -0.05) is 31.9 Å². The Kier molecular flexibility index (Phi) is 10.1. The van der Waals surface area contributed by atoms with Crippen molar-refractivity contribution in [3.05, 3.63) is 73.3 Å². The van der Waals surface area contributed by atoms with Gasteiger partial charge >= 0.3 is 0 Å². The van der Waals surface area contributed by atoms with Crippen molar-refractivity contribution in [2.75, 3.05) is 20.1 Å². The molecule has 6 nitrogen and oxygen atoms in total. The molecule has 1 fully saturated rings. The van der Waals surface area contributed by atoms with Gasteiger partial charge in [0.1, 0.15) is 5.70 Å². The van der Waals surface area contributed by atoms with Crippen molar-refractivity contribution in [2.45, 2.75) is 51.6 Å². The van der Waals surface area contributed by atoms with Crippen LogP contribution >= 0.6 is 0 Å². The van der Waals surface area contributed by atoms with Crippen LogP contribution in [0.1, 0.15) is 39.5 Å². The number of rotatable bonds is 10. The van der Waals surface area contributed by atoms with Gasteiger partial charge in [0.05, 0.1) is 17.1 Å². The van der Waals surface area contributed by atoms with E-state index in [1.165, 1.54) is 11.8 Å². The van der Waals surface area contributed by atoms with Gasteiger partial charge < -0.3 is 15.5 Å². The zero-order chi connectivity index (χ0) is 23.5. The second kappa shape index (κ2) is 12.8. The number of hydrogen-bond acceptors (Lipinski definition) is 5. The lowest BCUT2D eigenvalue weighted by molar-refractivity contribution is -0.130. The number of amides is 1. The first-order valence-electron chi connectivity index (χ1n) is 11.3. The minimum atomic E-state index is 0.00134. The van der Waals surface area contributed by atoms with Crippen LogP contribution < -0.4 is 10.6 Å². The van der Waals surface area contributed by atoms with Crippen LogP contribution in [-0.4, -0.2) is 54.5 Å². The molecule has 1 aliphatic carbocycles. The molecule has 1 amide bonds. The molecule has 0 spiro atoms. The average molecular weight is 436 g/mol. The topological polar surface area (TPSA) is 69.1 Å². The summed E-state index contributed by atoms with van der Waals surface area (Å²) in [5, 5.41) is 6.77. The van der Waals surface area contributed by atoms with E-state index in [9.17, 15) is 4.79 Å². The maximum atomic E-state index is 13.2. The fourth-order valence-corrected chi connectivity index (χ4v) is 4.12. The molecule has 2 unspecified atom stereocenters. The van der Waals surface area contributed by atoms with E-state index >= 15 is 0 Å². The predicted octanol–water partition coefficient (Wildman–Crippen LogP) is 4.08. The molecule has 1 saturated carbocycles. The molecule has 2 rings (SSSR count). The molecule has 0 saturated heterocycles. The van der Waals surface area contributed by atoms with E-state index in [0.29, 0.717) is 29.7 Å². The van der Waals surface area contributed by atoms with Crippen LogP contribution in [0.15, 0.2) is 83.3 Å². The molecule has 0 bridgehead atoms.